The van der Waals surface area contributed by atoms with E-state index in [1.54, 1.807) is 23.0 Å². The molecule has 0 atom stereocenters. The Morgan fingerprint density at radius 2 is 2.04 bits per heavy atom. The number of nitrogens with zero attached hydrogens (tertiary/aromatic N) is 3. The third kappa shape index (κ3) is 3.67. The first-order chi connectivity index (χ1) is 11.0. The summed E-state index contributed by atoms with van der Waals surface area (Å²) in [5, 5.41) is 13.4. The van der Waals surface area contributed by atoms with Crippen LogP contribution >= 0.6 is 31.9 Å². The van der Waals surface area contributed by atoms with E-state index >= 15 is 0 Å². The Kier molecular flexibility index (Phi) is 4.58. The molecule has 0 unspecified atom stereocenters. The number of benzene rings is 1. The smallest absolute Gasteiger partial charge is 0.277 e. The zero-order valence-corrected chi connectivity index (χ0v) is 14.7. The van der Waals surface area contributed by atoms with Crippen molar-refractivity contribution in [2.45, 2.75) is 6.54 Å². The van der Waals surface area contributed by atoms with E-state index in [4.69, 9.17) is 0 Å². The lowest BCUT2D eigenvalue weighted by Crippen LogP contribution is -2.12. The molecule has 3 rings (SSSR count). The molecule has 0 bridgehead atoms. The molecule has 0 saturated carbocycles. The molecule has 3 aromatic rings. The number of anilines is 1. The van der Waals surface area contributed by atoms with Gasteiger partial charge in [0.1, 0.15) is 10.4 Å². The van der Waals surface area contributed by atoms with Crippen molar-refractivity contribution in [1.29, 1.82) is 0 Å². The van der Waals surface area contributed by atoms with Gasteiger partial charge in [0, 0.05) is 6.20 Å². The Labute approximate surface area is 147 Å². The van der Waals surface area contributed by atoms with Crippen LogP contribution in [-0.2, 0) is 6.54 Å². The van der Waals surface area contributed by atoms with Gasteiger partial charge < -0.3 is 5.32 Å². The number of rotatable bonds is 4. The molecule has 0 aliphatic rings. The van der Waals surface area contributed by atoms with E-state index in [1.807, 2.05) is 0 Å². The van der Waals surface area contributed by atoms with Gasteiger partial charge in [-0.15, -0.1) is 0 Å². The zero-order chi connectivity index (χ0) is 16.4. The fourth-order valence-electron chi connectivity index (χ4n) is 1.94. The van der Waals surface area contributed by atoms with Crippen LogP contribution in [0.4, 0.5) is 10.1 Å². The SMILES string of the molecule is O=C(Nc1cnn(Cc2ccc(F)cc2)c1)c1n[nH]c(Br)c1Br. The van der Waals surface area contributed by atoms with Crippen LogP contribution in [0.15, 0.2) is 45.7 Å². The van der Waals surface area contributed by atoms with Crippen LogP contribution in [0, 0.1) is 5.82 Å². The lowest BCUT2D eigenvalue weighted by Gasteiger charge is -2.02. The first-order valence-electron chi connectivity index (χ1n) is 6.50. The summed E-state index contributed by atoms with van der Waals surface area (Å²) in [6, 6.07) is 6.17. The minimum Gasteiger partial charge on any atom is -0.318 e. The van der Waals surface area contributed by atoms with Gasteiger partial charge in [-0.05, 0) is 49.6 Å². The Hall–Kier alpha value is -2.00. The summed E-state index contributed by atoms with van der Waals surface area (Å²) in [4.78, 5) is 12.1. The number of halogens is 3. The van der Waals surface area contributed by atoms with Crippen LogP contribution in [0.25, 0.3) is 0 Å². The van der Waals surface area contributed by atoms with Gasteiger partial charge in [0.05, 0.1) is 22.9 Å². The van der Waals surface area contributed by atoms with Gasteiger partial charge in [-0.25, -0.2) is 4.39 Å². The first kappa shape index (κ1) is 15.9. The fourth-order valence-corrected chi connectivity index (χ4v) is 2.57. The molecule has 0 saturated heterocycles. The number of hydrogen-bond acceptors (Lipinski definition) is 3. The Morgan fingerprint density at radius 3 is 2.70 bits per heavy atom. The van der Waals surface area contributed by atoms with Gasteiger partial charge >= 0.3 is 0 Å². The standard InChI is InChI=1S/C14H10Br2FN5O/c15-11-12(20-21-13(11)16)14(23)19-10-5-18-22(7-10)6-8-1-3-9(17)4-2-8/h1-5,7H,6H2,(H,19,23)(H,20,21). The average molecular weight is 443 g/mol. The van der Waals surface area contributed by atoms with Gasteiger partial charge in [-0.1, -0.05) is 12.1 Å². The molecule has 0 fully saturated rings. The maximum Gasteiger partial charge on any atom is 0.277 e. The van der Waals surface area contributed by atoms with E-state index in [-0.39, 0.29) is 17.4 Å². The molecule has 1 aromatic carbocycles. The van der Waals surface area contributed by atoms with Crippen molar-refractivity contribution in [1.82, 2.24) is 20.0 Å². The first-order valence-corrected chi connectivity index (χ1v) is 8.09. The van der Waals surface area contributed by atoms with Crippen molar-refractivity contribution in [2.75, 3.05) is 5.32 Å². The topological polar surface area (TPSA) is 75.6 Å². The number of aromatic amines is 1. The lowest BCUT2D eigenvalue weighted by atomic mass is 10.2. The molecule has 0 aliphatic heterocycles. The summed E-state index contributed by atoms with van der Waals surface area (Å²) in [5.41, 5.74) is 1.69. The summed E-state index contributed by atoms with van der Waals surface area (Å²) >= 11 is 6.49. The summed E-state index contributed by atoms with van der Waals surface area (Å²) in [6.07, 6.45) is 3.23. The highest BCUT2D eigenvalue weighted by Crippen LogP contribution is 2.24. The number of amides is 1. The highest BCUT2D eigenvalue weighted by Gasteiger charge is 2.17. The molecule has 1 amide bonds. The third-order valence-corrected chi connectivity index (χ3v) is 4.91. The third-order valence-electron chi connectivity index (χ3n) is 3.03. The predicted octanol–water partition coefficient (Wildman–Crippen LogP) is 3.57. The Balaban J connectivity index is 1.68. The van der Waals surface area contributed by atoms with Crippen LogP contribution in [-0.4, -0.2) is 25.9 Å². The molecule has 2 N–H and O–H groups in total. The van der Waals surface area contributed by atoms with Crippen molar-refractivity contribution in [2.24, 2.45) is 0 Å². The minimum absolute atomic E-state index is 0.239. The summed E-state index contributed by atoms with van der Waals surface area (Å²) in [5.74, 6) is -0.641. The van der Waals surface area contributed by atoms with E-state index in [9.17, 15) is 9.18 Å². The summed E-state index contributed by atoms with van der Waals surface area (Å²) in [6.45, 7) is 0.480. The van der Waals surface area contributed by atoms with Crippen LogP contribution in [0.2, 0.25) is 0 Å². The molecule has 0 aliphatic carbocycles. The van der Waals surface area contributed by atoms with Gasteiger partial charge in [0.15, 0.2) is 5.69 Å². The number of hydrogen-bond donors (Lipinski definition) is 2. The number of carbonyl (C=O) groups excluding carboxylic acids is 1. The maximum absolute atomic E-state index is 12.9. The Bertz CT molecular complexity index is 843. The van der Waals surface area contributed by atoms with Gasteiger partial charge in [0.2, 0.25) is 0 Å². The van der Waals surface area contributed by atoms with Crippen LogP contribution < -0.4 is 5.32 Å². The molecule has 6 nitrogen and oxygen atoms in total. The molecule has 9 heteroatoms. The summed E-state index contributed by atoms with van der Waals surface area (Å²) < 4.78 is 15.7. The number of carbonyl (C=O) groups is 1. The molecule has 2 aromatic heterocycles. The van der Waals surface area contributed by atoms with E-state index in [2.05, 4.69) is 52.5 Å². The summed E-state index contributed by atoms with van der Waals surface area (Å²) in [7, 11) is 0. The number of H-pyrrole nitrogens is 1. The normalized spacial score (nSPS) is 10.7. The van der Waals surface area contributed by atoms with Crippen molar-refractivity contribution in [3.8, 4) is 0 Å². The molecule has 0 radical (unpaired) electrons. The molecule has 23 heavy (non-hydrogen) atoms. The van der Waals surface area contributed by atoms with E-state index in [0.29, 0.717) is 21.3 Å². The van der Waals surface area contributed by atoms with Gasteiger partial charge in [-0.2, -0.15) is 10.2 Å². The second-order valence-electron chi connectivity index (χ2n) is 4.71. The lowest BCUT2D eigenvalue weighted by molar-refractivity contribution is 0.102. The predicted molar refractivity (Wildman–Crippen MR) is 89.7 cm³/mol. The highest BCUT2D eigenvalue weighted by molar-refractivity contribution is 9.13. The number of nitrogens with one attached hydrogen (secondary N) is 2. The van der Waals surface area contributed by atoms with Gasteiger partial charge in [0.25, 0.3) is 5.91 Å². The molecule has 2 heterocycles. The fraction of sp³-hybridized carbons (Fsp3) is 0.0714. The second-order valence-corrected chi connectivity index (χ2v) is 6.29. The highest BCUT2D eigenvalue weighted by atomic mass is 79.9. The average Bonchev–Trinajstić information content (AvgIpc) is 3.09. The molecular formula is C14H10Br2FN5O. The Morgan fingerprint density at radius 1 is 1.30 bits per heavy atom. The van der Waals surface area contributed by atoms with Gasteiger partial charge in [-0.3, -0.25) is 14.6 Å². The molecule has 0 spiro atoms. The zero-order valence-electron chi connectivity index (χ0n) is 11.6. The van der Waals surface area contributed by atoms with Crippen molar-refractivity contribution in [3.63, 3.8) is 0 Å². The monoisotopic (exact) mass is 441 g/mol. The quantitative estimate of drug-likeness (QED) is 0.648. The van der Waals surface area contributed by atoms with Crippen LogP contribution in [0.1, 0.15) is 16.1 Å². The molecular weight excluding hydrogens is 433 g/mol. The minimum atomic E-state index is -0.361. The second kappa shape index (κ2) is 6.63. The van der Waals surface area contributed by atoms with E-state index < -0.39 is 0 Å². The largest absolute Gasteiger partial charge is 0.318 e. The van der Waals surface area contributed by atoms with Crippen LogP contribution in [0.5, 0.6) is 0 Å². The maximum atomic E-state index is 12.9. The number of aromatic nitrogens is 4. The van der Waals surface area contributed by atoms with Crippen molar-refractivity contribution in [3.05, 3.63) is 62.8 Å². The van der Waals surface area contributed by atoms with Crippen LogP contribution in [0.3, 0.4) is 0 Å². The van der Waals surface area contributed by atoms with Crippen molar-refractivity contribution < 1.29 is 9.18 Å². The molecule has 118 valence electrons. The van der Waals surface area contributed by atoms with E-state index in [0.717, 1.165) is 5.56 Å². The van der Waals surface area contributed by atoms with E-state index in [1.165, 1.54) is 18.3 Å². The van der Waals surface area contributed by atoms with Crippen molar-refractivity contribution >= 4 is 43.5 Å².